The van der Waals surface area contributed by atoms with Crippen LogP contribution in [0.15, 0.2) is 48.0 Å². The fraction of sp³-hybridized carbons (Fsp3) is 0.250. The van der Waals surface area contributed by atoms with Crippen molar-refractivity contribution in [1.29, 1.82) is 0 Å². The zero-order chi connectivity index (χ0) is 20.8. The van der Waals surface area contributed by atoms with E-state index in [2.05, 4.69) is 11.6 Å². The number of carbonyl (C=O) groups excluding carboxylic acids is 1. The Kier molecular flexibility index (Phi) is 4.77. The Morgan fingerprint density at radius 3 is 2.86 bits per heavy atom. The molecule has 0 aliphatic carbocycles. The minimum atomic E-state index is -4.51. The molecule has 0 unspecified atom stereocenters. The number of thiophene rings is 1. The van der Waals surface area contributed by atoms with Gasteiger partial charge in [0.1, 0.15) is 4.83 Å². The molecule has 150 valence electrons. The first kappa shape index (κ1) is 19.4. The summed E-state index contributed by atoms with van der Waals surface area (Å²) in [4.78, 5) is 32.8. The number of alkyl halides is 3. The minimum Gasteiger partial charge on any atom is -0.333 e. The van der Waals surface area contributed by atoms with Crippen molar-refractivity contribution >= 4 is 27.5 Å². The molecule has 1 aliphatic rings. The Morgan fingerprint density at radius 2 is 2.14 bits per heavy atom. The molecule has 0 bridgehead atoms. The quantitative estimate of drug-likeness (QED) is 0.606. The van der Waals surface area contributed by atoms with Gasteiger partial charge in [0.2, 0.25) is 0 Å². The lowest BCUT2D eigenvalue weighted by atomic mass is 10.0. The lowest BCUT2D eigenvalue weighted by Gasteiger charge is -2.27. The Balaban J connectivity index is 1.65. The molecule has 29 heavy (non-hydrogen) atoms. The predicted molar refractivity (Wildman–Crippen MR) is 104 cm³/mol. The Bertz CT molecular complexity index is 1180. The molecule has 5 nitrogen and oxygen atoms in total. The van der Waals surface area contributed by atoms with Crippen molar-refractivity contribution in [2.24, 2.45) is 0 Å². The molecule has 0 saturated carbocycles. The number of nitrogens with zero attached hydrogens (tertiary/aromatic N) is 3. The topological polar surface area (TPSA) is 55.2 Å². The van der Waals surface area contributed by atoms with Crippen molar-refractivity contribution in [1.82, 2.24) is 14.5 Å². The van der Waals surface area contributed by atoms with Crippen molar-refractivity contribution in [3.8, 4) is 0 Å². The number of carbonyl (C=O) groups is 1. The van der Waals surface area contributed by atoms with Gasteiger partial charge in [-0.25, -0.2) is 4.98 Å². The van der Waals surface area contributed by atoms with Crippen molar-refractivity contribution in [2.75, 3.05) is 6.54 Å². The molecule has 1 aromatic carbocycles. The maximum absolute atomic E-state index is 12.9. The standard InChI is InChI=1S/C20H16F3N3O2S/c1-2-7-26-11-24-17-16(19(26)28)14-6-8-25(10-15(14)29-17)18(27)12-4-3-5-13(9-12)20(21,22)23/h2-5,9,11H,1,6-8,10H2. The second kappa shape index (κ2) is 7.14. The van der Waals surface area contributed by atoms with Crippen molar-refractivity contribution in [3.05, 3.63) is 75.2 Å². The summed E-state index contributed by atoms with van der Waals surface area (Å²) in [5.74, 6) is -0.462. The third-order valence-corrected chi connectivity index (χ3v) is 6.00. The highest BCUT2D eigenvalue weighted by Gasteiger charge is 2.32. The van der Waals surface area contributed by atoms with Crippen LogP contribution >= 0.6 is 11.3 Å². The summed E-state index contributed by atoms with van der Waals surface area (Å²) in [5, 5.41) is 0.556. The van der Waals surface area contributed by atoms with Crippen LogP contribution in [0.5, 0.6) is 0 Å². The smallest absolute Gasteiger partial charge is 0.333 e. The van der Waals surface area contributed by atoms with E-state index in [1.54, 1.807) is 6.08 Å². The lowest BCUT2D eigenvalue weighted by molar-refractivity contribution is -0.137. The number of benzene rings is 1. The zero-order valence-electron chi connectivity index (χ0n) is 15.2. The maximum atomic E-state index is 12.9. The fourth-order valence-electron chi connectivity index (χ4n) is 3.47. The Labute approximate surface area is 167 Å². The van der Waals surface area contributed by atoms with Crippen molar-refractivity contribution in [2.45, 2.75) is 25.7 Å². The van der Waals surface area contributed by atoms with Crippen LogP contribution in [0.1, 0.15) is 26.4 Å². The van der Waals surface area contributed by atoms with Crippen LogP contribution in [0, 0.1) is 0 Å². The second-order valence-corrected chi connectivity index (χ2v) is 7.81. The molecule has 9 heteroatoms. The van der Waals surface area contributed by atoms with Gasteiger partial charge in [-0.3, -0.25) is 14.2 Å². The fourth-order valence-corrected chi connectivity index (χ4v) is 4.67. The Hall–Kier alpha value is -2.94. The normalized spacial score (nSPS) is 14.1. The average molecular weight is 419 g/mol. The highest BCUT2D eigenvalue weighted by atomic mass is 32.1. The average Bonchev–Trinajstić information content (AvgIpc) is 3.07. The molecule has 4 rings (SSSR count). The first-order valence-electron chi connectivity index (χ1n) is 8.86. The minimum absolute atomic E-state index is 0.00384. The summed E-state index contributed by atoms with van der Waals surface area (Å²) in [6.07, 6.45) is -0.966. The Morgan fingerprint density at radius 1 is 1.34 bits per heavy atom. The maximum Gasteiger partial charge on any atom is 0.416 e. The van der Waals surface area contributed by atoms with Gasteiger partial charge in [0, 0.05) is 23.5 Å². The van der Waals surface area contributed by atoms with Crippen molar-refractivity contribution in [3.63, 3.8) is 0 Å². The van der Waals surface area contributed by atoms with Crippen LogP contribution in [0.25, 0.3) is 10.2 Å². The molecule has 3 heterocycles. The molecule has 0 saturated heterocycles. The van der Waals surface area contributed by atoms with Crippen LogP contribution in [0.4, 0.5) is 13.2 Å². The van der Waals surface area contributed by atoms with Crippen LogP contribution < -0.4 is 5.56 Å². The molecule has 0 fully saturated rings. The molecule has 0 atom stereocenters. The number of fused-ring (bicyclic) bond motifs is 3. The van der Waals surface area contributed by atoms with Crippen LogP contribution in [-0.2, 0) is 25.7 Å². The van der Waals surface area contributed by atoms with Gasteiger partial charge in [0.25, 0.3) is 11.5 Å². The van der Waals surface area contributed by atoms with E-state index in [0.29, 0.717) is 29.7 Å². The van der Waals surface area contributed by atoms with E-state index in [9.17, 15) is 22.8 Å². The number of amides is 1. The zero-order valence-corrected chi connectivity index (χ0v) is 16.0. The summed E-state index contributed by atoms with van der Waals surface area (Å²) >= 11 is 1.34. The second-order valence-electron chi connectivity index (χ2n) is 6.73. The number of rotatable bonds is 3. The highest BCUT2D eigenvalue weighted by Crippen LogP contribution is 2.33. The van der Waals surface area contributed by atoms with E-state index in [4.69, 9.17) is 0 Å². The highest BCUT2D eigenvalue weighted by molar-refractivity contribution is 7.18. The third-order valence-electron chi connectivity index (χ3n) is 4.88. The van der Waals surface area contributed by atoms with E-state index in [1.165, 1.54) is 39.3 Å². The summed E-state index contributed by atoms with van der Waals surface area (Å²) < 4.78 is 40.3. The molecule has 0 spiro atoms. The molecule has 1 amide bonds. The molecule has 2 aromatic heterocycles. The van der Waals surface area contributed by atoms with E-state index >= 15 is 0 Å². The molecule has 0 radical (unpaired) electrons. The molecular weight excluding hydrogens is 403 g/mol. The number of allylic oxidation sites excluding steroid dienone is 1. The van der Waals surface area contributed by atoms with Crippen LogP contribution in [0.2, 0.25) is 0 Å². The number of halogens is 3. The summed E-state index contributed by atoms with van der Waals surface area (Å²) in [6, 6.07) is 4.43. The largest absolute Gasteiger partial charge is 0.416 e. The number of aromatic nitrogens is 2. The lowest BCUT2D eigenvalue weighted by Crippen LogP contribution is -2.35. The third kappa shape index (κ3) is 3.46. The summed E-state index contributed by atoms with van der Waals surface area (Å²) in [6.45, 7) is 4.55. The molecule has 1 aliphatic heterocycles. The van der Waals surface area contributed by atoms with Gasteiger partial charge in [-0.05, 0) is 30.2 Å². The monoisotopic (exact) mass is 419 g/mol. The SMILES string of the molecule is C=CCn1cnc2sc3c(c2c1=O)CCN(C(=O)c1cccc(C(F)(F)F)c1)C3. The van der Waals surface area contributed by atoms with Gasteiger partial charge >= 0.3 is 6.18 Å². The van der Waals surface area contributed by atoms with Gasteiger partial charge in [-0.2, -0.15) is 13.2 Å². The van der Waals surface area contributed by atoms with Gasteiger partial charge in [0.15, 0.2) is 0 Å². The van der Waals surface area contributed by atoms with Crippen LogP contribution in [-0.4, -0.2) is 26.9 Å². The van der Waals surface area contributed by atoms with E-state index in [-0.39, 0.29) is 17.7 Å². The molecular formula is C20H16F3N3O2S. The number of hydrogen-bond acceptors (Lipinski definition) is 4. The predicted octanol–water partition coefficient (Wildman–Crippen LogP) is 3.86. The molecule has 0 N–H and O–H groups in total. The van der Waals surface area contributed by atoms with Gasteiger partial charge in [-0.15, -0.1) is 17.9 Å². The number of hydrogen-bond donors (Lipinski definition) is 0. The first-order chi connectivity index (χ1) is 13.8. The van der Waals surface area contributed by atoms with Crippen LogP contribution in [0.3, 0.4) is 0 Å². The van der Waals surface area contributed by atoms with E-state index in [1.807, 2.05) is 0 Å². The van der Waals surface area contributed by atoms with Gasteiger partial charge < -0.3 is 4.90 Å². The van der Waals surface area contributed by atoms with Gasteiger partial charge in [0.05, 0.1) is 23.8 Å². The van der Waals surface area contributed by atoms with E-state index < -0.39 is 17.6 Å². The van der Waals surface area contributed by atoms with E-state index in [0.717, 1.165) is 22.6 Å². The van der Waals surface area contributed by atoms with Gasteiger partial charge in [-0.1, -0.05) is 12.1 Å². The summed E-state index contributed by atoms with van der Waals surface area (Å²) in [7, 11) is 0. The first-order valence-corrected chi connectivity index (χ1v) is 9.68. The summed E-state index contributed by atoms with van der Waals surface area (Å²) in [5.41, 5.74) is -0.134. The molecule has 3 aromatic rings. The van der Waals surface area contributed by atoms with Crippen molar-refractivity contribution < 1.29 is 18.0 Å².